The number of H-pyrrole nitrogens is 1. The SMILES string of the molecule is CC(=O)c1nc(C)[nH]c1C1CCOCC1. The molecule has 0 saturated carbocycles. The van der Waals surface area contributed by atoms with E-state index in [1.165, 1.54) is 0 Å². The molecule has 0 unspecified atom stereocenters. The zero-order valence-corrected chi connectivity index (χ0v) is 9.17. The number of ether oxygens (including phenoxy) is 1. The molecular weight excluding hydrogens is 192 g/mol. The van der Waals surface area contributed by atoms with Gasteiger partial charge in [0.2, 0.25) is 0 Å². The minimum absolute atomic E-state index is 0.0424. The van der Waals surface area contributed by atoms with E-state index in [0.29, 0.717) is 11.6 Å². The molecule has 15 heavy (non-hydrogen) atoms. The van der Waals surface area contributed by atoms with Crippen LogP contribution >= 0.6 is 0 Å². The van der Waals surface area contributed by atoms with Crippen molar-refractivity contribution < 1.29 is 9.53 Å². The number of aromatic nitrogens is 2. The van der Waals surface area contributed by atoms with E-state index >= 15 is 0 Å². The first kappa shape index (κ1) is 10.4. The Balaban J connectivity index is 2.28. The number of carbonyl (C=O) groups excluding carboxylic acids is 1. The summed E-state index contributed by atoms with van der Waals surface area (Å²) in [7, 11) is 0. The first-order chi connectivity index (χ1) is 7.18. The average molecular weight is 208 g/mol. The lowest BCUT2D eigenvalue weighted by Crippen LogP contribution is -2.16. The van der Waals surface area contributed by atoms with Crippen molar-refractivity contribution in [2.24, 2.45) is 0 Å². The molecular formula is C11H16N2O2. The highest BCUT2D eigenvalue weighted by Gasteiger charge is 2.23. The van der Waals surface area contributed by atoms with E-state index in [-0.39, 0.29) is 5.78 Å². The Bertz CT molecular complexity index is 365. The van der Waals surface area contributed by atoms with E-state index in [1.54, 1.807) is 6.92 Å². The maximum absolute atomic E-state index is 11.4. The van der Waals surface area contributed by atoms with Gasteiger partial charge in [0.05, 0.1) is 0 Å². The minimum Gasteiger partial charge on any atom is -0.381 e. The molecule has 82 valence electrons. The van der Waals surface area contributed by atoms with Crippen LogP contribution in [-0.2, 0) is 4.74 Å². The van der Waals surface area contributed by atoms with Crippen molar-refractivity contribution >= 4 is 5.78 Å². The number of hydrogen-bond donors (Lipinski definition) is 1. The minimum atomic E-state index is 0.0424. The third-order valence-electron chi connectivity index (χ3n) is 2.81. The fourth-order valence-corrected chi connectivity index (χ4v) is 2.06. The summed E-state index contributed by atoms with van der Waals surface area (Å²) in [6.07, 6.45) is 1.95. The summed E-state index contributed by atoms with van der Waals surface area (Å²) in [4.78, 5) is 18.9. The second-order valence-corrected chi connectivity index (χ2v) is 4.03. The first-order valence-electron chi connectivity index (χ1n) is 5.33. The Kier molecular flexibility index (Phi) is 2.86. The monoisotopic (exact) mass is 208 g/mol. The summed E-state index contributed by atoms with van der Waals surface area (Å²) in [5, 5.41) is 0. The number of nitrogens with zero attached hydrogens (tertiary/aromatic N) is 1. The van der Waals surface area contributed by atoms with Crippen molar-refractivity contribution in [2.75, 3.05) is 13.2 Å². The van der Waals surface area contributed by atoms with Gasteiger partial charge >= 0.3 is 0 Å². The molecule has 0 aliphatic carbocycles. The summed E-state index contributed by atoms with van der Waals surface area (Å²) in [5.41, 5.74) is 1.61. The number of nitrogens with one attached hydrogen (secondary N) is 1. The Hall–Kier alpha value is -1.16. The maximum atomic E-state index is 11.4. The van der Waals surface area contributed by atoms with Crippen LogP contribution in [0.1, 0.15) is 47.7 Å². The molecule has 0 radical (unpaired) electrons. The van der Waals surface area contributed by atoms with Gasteiger partial charge in [-0.05, 0) is 19.8 Å². The molecule has 4 heteroatoms. The maximum Gasteiger partial charge on any atom is 0.179 e. The van der Waals surface area contributed by atoms with Crippen LogP contribution in [0.15, 0.2) is 0 Å². The number of aryl methyl sites for hydroxylation is 1. The van der Waals surface area contributed by atoms with Gasteiger partial charge in [0.15, 0.2) is 5.78 Å². The highest BCUT2D eigenvalue weighted by Crippen LogP contribution is 2.28. The summed E-state index contributed by atoms with van der Waals surface area (Å²) in [5.74, 6) is 1.27. The molecule has 1 aromatic heterocycles. The van der Waals surface area contributed by atoms with E-state index in [1.807, 2.05) is 6.92 Å². The van der Waals surface area contributed by atoms with Gasteiger partial charge in [-0.2, -0.15) is 0 Å². The molecule has 2 rings (SSSR count). The zero-order valence-electron chi connectivity index (χ0n) is 9.17. The van der Waals surface area contributed by atoms with Gasteiger partial charge in [-0.25, -0.2) is 4.98 Å². The number of imidazole rings is 1. The average Bonchev–Trinajstić information content (AvgIpc) is 2.62. The predicted octanol–water partition coefficient (Wildman–Crippen LogP) is 1.81. The van der Waals surface area contributed by atoms with Crippen LogP contribution in [0, 0.1) is 6.92 Å². The molecule has 1 N–H and O–H groups in total. The Labute approximate surface area is 89.0 Å². The number of Topliss-reactive ketones (excluding diaryl/α,β-unsaturated/α-hetero) is 1. The van der Waals surface area contributed by atoms with Crippen LogP contribution in [0.4, 0.5) is 0 Å². The fourth-order valence-electron chi connectivity index (χ4n) is 2.06. The van der Waals surface area contributed by atoms with E-state index in [2.05, 4.69) is 9.97 Å². The van der Waals surface area contributed by atoms with Crippen LogP contribution in [-0.4, -0.2) is 29.0 Å². The summed E-state index contributed by atoms with van der Waals surface area (Å²) >= 11 is 0. The standard InChI is InChI=1S/C11H16N2O2/c1-7(14)10-11(13-8(2)12-10)9-3-5-15-6-4-9/h9H,3-6H2,1-2H3,(H,12,13). The molecule has 0 bridgehead atoms. The van der Waals surface area contributed by atoms with Gasteiger partial charge in [-0.15, -0.1) is 0 Å². The van der Waals surface area contributed by atoms with Gasteiger partial charge < -0.3 is 9.72 Å². The highest BCUT2D eigenvalue weighted by atomic mass is 16.5. The molecule has 4 nitrogen and oxygen atoms in total. The van der Waals surface area contributed by atoms with Crippen molar-refractivity contribution in [2.45, 2.75) is 32.6 Å². The highest BCUT2D eigenvalue weighted by molar-refractivity contribution is 5.93. The van der Waals surface area contributed by atoms with Gasteiger partial charge in [0.25, 0.3) is 0 Å². The number of ketones is 1. The van der Waals surface area contributed by atoms with Crippen molar-refractivity contribution in [3.8, 4) is 0 Å². The number of carbonyl (C=O) groups is 1. The molecule has 1 aliphatic heterocycles. The van der Waals surface area contributed by atoms with E-state index in [0.717, 1.165) is 37.6 Å². The quantitative estimate of drug-likeness (QED) is 0.754. The van der Waals surface area contributed by atoms with Crippen molar-refractivity contribution in [3.05, 3.63) is 17.2 Å². The van der Waals surface area contributed by atoms with Crippen LogP contribution in [0.5, 0.6) is 0 Å². The molecule has 0 spiro atoms. The van der Waals surface area contributed by atoms with Crippen molar-refractivity contribution in [3.63, 3.8) is 0 Å². The van der Waals surface area contributed by atoms with Crippen LogP contribution < -0.4 is 0 Å². The van der Waals surface area contributed by atoms with Crippen LogP contribution in [0.3, 0.4) is 0 Å². The lowest BCUT2D eigenvalue weighted by atomic mass is 9.94. The topological polar surface area (TPSA) is 55.0 Å². The number of hydrogen-bond acceptors (Lipinski definition) is 3. The van der Waals surface area contributed by atoms with Crippen molar-refractivity contribution in [1.29, 1.82) is 0 Å². The lowest BCUT2D eigenvalue weighted by molar-refractivity contribution is 0.0838. The van der Waals surface area contributed by atoms with Crippen LogP contribution in [0.25, 0.3) is 0 Å². The Morgan fingerprint density at radius 1 is 1.47 bits per heavy atom. The lowest BCUT2D eigenvalue weighted by Gasteiger charge is -2.21. The van der Waals surface area contributed by atoms with Gasteiger partial charge in [-0.1, -0.05) is 0 Å². The molecule has 0 atom stereocenters. The summed E-state index contributed by atoms with van der Waals surface area (Å²) in [6.45, 7) is 5.01. The molecule has 1 fully saturated rings. The Morgan fingerprint density at radius 2 is 2.13 bits per heavy atom. The largest absolute Gasteiger partial charge is 0.381 e. The van der Waals surface area contributed by atoms with Gasteiger partial charge in [-0.3, -0.25) is 4.79 Å². The normalized spacial score (nSPS) is 18.0. The number of aromatic amines is 1. The zero-order chi connectivity index (χ0) is 10.8. The summed E-state index contributed by atoms with van der Waals surface area (Å²) < 4.78 is 5.31. The second-order valence-electron chi connectivity index (χ2n) is 4.03. The third-order valence-corrected chi connectivity index (χ3v) is 2.81. The first-order valence-corrected chi connectivity index (χ1v) is 5.33. The van der Waals surface area contributed by atoms with E-state index < -0.39 is 0 Å². The smallest absolute Gasteiger partial charge is 0.179 e. The molecule has 1 aromatic rings. The second kappa shape index (κ2) is 4.14. The molecule has 0 aromatic carbocycles. The van der Waals surface area contributed by atoms with Gasteiger partial charge in [0.1, 0.15) is 11.5 Å². The molecule has 0 amide bonds. The molecule has 2 heterocycles. The number of rotatable bonds is 2. The van der Waals surface area contributed by atoms with Gasteiger partial charge in [0, 0.05) is 31.7 Å². The van der Waals surface area contributed by atoms with Crippen molar-refractivity contribution in [1.82, 2.24) is 9.97 Å². The van der Waals surface area contributed by atoms with E-state index in [4.69, 9.17) is 4.74 Å². The predicted molar refractivity (Wildman–Crippen MR) is 56.1 cm³/mol. The third kappa shape index (κ3) is 2.09. The molecule has 1 aliphatic rings. The Morgan fingerprint density at radius 3 is 2.73 bits per heavy atom. The fraction of sp³-hybridized carbons (Fsp3) is 0.636. The molecule has 1 saturated heterocycles. The van der Waals surface area contributed by atoms with Crippen LogP contribution in [0.2, 0.25) is 0 Å². The summed E-state index contributed by atoms with van der Waals surface area (Å²) in [6, 6.07) is 0. The van der Waals surface area contributed by atoms with E-state index in [9.17, 15) is 4.79 Å².